The summed E-state index contributed by atoms with van der Waals surface area (Å²) in [5.74, 6) is 0.134. The summed E-state index contributed by atoms with van der Waals surface area (Å²) in [4.78, 5) is 23.7. The van der Waals surface area contributed by atoms with E-state index in [1.807, 2.05) is 42.5 Å². The van der Waals surface area contributed by atoms with Crippen LogP contribution in [-0.4, -0.2) is 5.78 Å². The summed E-state index contributed by atoms with van der Waals surface area (Å²) in [6, 6.07) is 15.4. The summed E-state index contributed by atoms with van der Waals surface area (Å²) < 4.78 is 5.02. The zero-order valence-electron chi connectivity index (χ0n) is 12.3. The van der Waals surface area contributed by atoms with Gasteiger partial charge in [-0.05, 0) is 25.3 Å². The molecule has 4 heteroatoms. The number of carbonyl (C=O) groups excluding carboxylic acids is 1. The molecule has 0 aliphatic heterocycles. The molecule has 0 amide bonds. The second-order valence-corrected chi connectivity index (χ2v) is 5.14. The molecule has 110 valence electrons. The number of hydrogen-bond donors (Lipinski definition) is 1. The molecule has 0 saturated carbocycles. The third kappa shape index (κ3) is 2.51. The van der Waals surface area contributed by atoms with Crippen molar-refractivity contribution in [2.24, 2.45) is 0 Å². The van der Waals surface area contributed by atoms with Crippen LogP contribution in [0.5, 0.6) is 0 Å². The maximum atomic E-state index is 11.9. The number of fused-ring (bicyclic) bond motifs is 1. The van der Waals surface area contributed by atoms with E-state index in [0.717, 1.165) is 16.5 Å². The maximum absolute atomic E-state index is 11.9. The number of aryl methyl sites for hydroxylation is 1. The summed E-state index contributed by atoms with van der Waals surface area (Å²) in [7, 11) is 0. The van der Waals surface area contributed by atoms with E-state index < -0.39 is 5.63 Å². The van der Waals surface area contributed by atoms with E-state index in [4.69, 9.17) is 4.42 Å². The van der Waals surface area contributed by atoms with Gasteiger partial charge in [0.05, 0.1) is 5.69 Å². The van der Waals surface area contributed by atoms with Gasteiger partial charge in [0.15, 0.2) is 5.78 Å². The van der Waals surface area contributed by atoms with Gasteiger partial charge in [-0.2, -0.15) is 0 Å². The van der Waals surface area contributed by atoms with Gasteiger partial charge >= 0.3 is 5.63 Å². The van der Waals surface area contributed by atoms with E-state index in [2.05, 4.69) is 5.32 Å². The molecule has 1 aromatic heterocycles. The minimum absolute atomic E-state index is 0.0403. The first kappa shape index (κ1) is 14.1. The standard InChI is InChI=1S/C18H15NO3/c1-11-10-16(17(12(2)20)18(21)22-11)19-15-9-5-7-13-6-3-4-8-14(13)15/h3-10,19H,1-2H3. The van der Waals surface area contributed by atoms with Crippen LogP contribution in [0.2, 0.25) is 0 Å². The van der Waals surface area contributed by atoms with Crippen LogP contribution in [0.25, 0.3) is 10.8 Å². The summed E-state index contributed by atoms with van der Waals surface area (Å²) in [5, 5.41) is 5.30. The SMILES string of the molecule is CC(=O)c1c(Nc2cccc3ccccc23)cc(C)oc1=O. The van der Waals surface area contributed by atoms with Gasteiger partial charge in [-0.3, -0.25) is 4.79 Å². The lowest BCUT2D eigenvalue weighted by Gasteiger charge is -2.12. The molecule has 0 spiro atoms. The van der Waals surface area contributed by atoms with Gasteiger partial charge in [-0.15, -0.1) is 0 Å². The van der Waals surface area contributed by atoms with Gasteiger partial charge in [-0.1, -0.05) is 36.4 Å². The van der Waals surface area contributed by atoms with Crippen LogP contribution in [-0.2, 0) is 0 Å². The summed E-state index contributed by atoms with van der Waals surface area (Å²) in [5.41, 5.74) is 0.733. The fourth-order valence-electron chi connectivity index (χ4n) is 2.52. The molecule has 3 aromatic rings. The van der Waals surface area contributed by atoms with Crippen molar-refractivity contribution < 1.29 is 9.21 Å². The normalized spacial score (nSPS) is 10.6. The third-order valence-electron chi connectivity index (χ3n) is 3.49. The molecular formula is C18H15NO3. The molecule has 22 heavy (non-hydrogen) atoms. The monoisotopic (exact) mass is 293 g/mol. The highest BCUT2D eigenvalue weighted by Crippen LogP contribution is 2.27. The molecule has 0 radical (unpaired) electrons. The molecule has 4 nitrogen and oxygen atoms in total. The van der Waals surface area contributed by atoms with Gasteiger partial charge in [0, 0.05) is 17.1 Å². The van der Waals surface area contributed by atoms with Gasteiger partial charge in [0.1, 0.15) is 11.3 Å². The molecular weight excluding hydrogens is 278 g/mol. The predicted octanol–water partition coefficient (Wildman–Crippen LogP) is 4.05. The first-order valence-corrected chi connectivity index (χ1v) is 6.97. The Kier molecular flexibility index (Phi) is 3.51. The lowest BCUT2D eigenvalue weighted by Crippen LogP contribution is -2.15. The van der Waals surface area contributed by atoms with Crippen molar-refractivity contribution in [1.29, 1.82) is 0 Å². The minimum atomic E-state index is -0.616. The Balaban J connectivity index is 2.17. The van der Waals surface area contributed by atoms with Crippen LogP contribution in [0.15, 0.2) is 57.7 Å². The zero-order valence-corrected chi connectivity index (χ0v) is 12.3. The van der Waals surface area contributed by atoms with Gasteiger partial charge in [0.25, 0.3) is 0 Å². The van der Waals surface area contributed by atoms with Crippen LogP contribution in [0.3, 0.4) is 0 Å². The molecule has 2 aromatic carbocycles. The van der Waals surface area contributed by atoms with Gasteiger partial charge in [0.2, 0.25) is 0 Å². The van der Waals surface area contributed by atoms with E-state index in [-0.39, 0.29) is 11.3 Å². The molecule has 1 N–H and O–H groups in total. The molecule has 3 rings (SSSR count). The zero-order chi connectivity index (χ0) is 15.7. The van der Waals surface area contributed by atoms with Gasteiger partial charge in [-0.25, -0.2) is 4.79 Å². The fraction of sp³-hybridized carbons (Fsp3) is 0.111. The molecule has 0 atom stereocenters. The van der Waals surface area contributed by atoms with Crippen LogP contribution in [0.1, 0.15) is 23.0 Å². The van der Waals surface area contributed by atoms with Crippen LogP contribution < -0.4 is 10.9 Å². The second kappa shape index (κ2) is 5.48. The van der Waals surface area contributed by atoms with E-state index in [1.165, 1.54) is 6.92 Å². The molecule has 0 aliphatic rings. The Hall–Kier alpha value is -2.88. The highest BCUT2D eigenvalue weighted by Gasteiger charge is 2.15. The van der Waals surface area contributed by atoms with Crippen molar-refractivity contribution in [2.75, 3.05) is 5.32 Å². The van der Waals surface area contributed by atoms with Gasteiger partial charge < -0.3 is 9.73 Å². The Bertz CT molecular complexity index is 920. The van der Waals surface area contributed by atoms with Crippen LogP contribution in [0, 0.1) is 6.92 Å². The van der Waals surface area contributed by atoms with E-state index >= 15 is 0 Å². The highest BCUT2D eigenvalue weighted by atomic mass is 16.4. The Morgan fingerprint density at radius 1 is 1.05 bits per heavy atom. The first-order chi connectivity index (χ1) is 10.6. The van der Waals surface area contributed by atoms with Crippen molar-refractivity contribution in [3.05, 3.63) is 70.3 Å². The Labute approximate surface area is 127 Å². The average Bonchev–Trinajstić information content (AvgIpc) is 2.46. The largest absolute Gasteiger partial charge is 0.428 e. The topological polar surface area (TPSA) is 59.3 Å². The number of anilines is 2. The van der Waals surface area contributed by atoms with Crippen molar-refractivity contribution in [3.63, 3.8) is 0 Å². The maximum Gasteiger partial charge on any atom is 0.348 e. The number of benzene rings is 2. The second-order valence-electron chi connectivity index (χ2n) is 5.14. The number of rotatable bonds is 3. The Morgan fingerprint density at radius 2 is 1.77 bits per heavy atom. The fourth-order valence-corrected chi connectivity index (χ4v) is 2.52. The smallest absolute Gasteiger partial charge is 0.348 e. The number of nitrogens with one attached hydrogen (secondary N) is 1. The number of Topliss-reactive ketones (excluding diaryl/α,β-unsaturated/α-hetero) is 1. The first-order valence-electron chi connectivity index (χ1n) is 6.97. The molecule has 0 unspecified atom stereocenters. The predicted molar refractivity (Wildman–Crippen MR) is 87.0 cm³/mol. The number of hydrogen-bond acceptors (Lipinski definition) is 4. The number of carbonyl (C=O) groups is 1. The summed E-state index contributed by atoms with van der Waals surface area (Å²) in [6.45, 7) is 3.04. The minimum Gasteiger partial charge on any atom is -0.428 e. The molecule has 1 heterocycles. The highest BCUT2D eigenvalue weighted by molar-refractivity contribution is 6.02. The third-order valence-corrected chi connectivity index (χ3v) is 3.49. The summed E-state index contributed by atoms with van der Waals surface area (Å²) >= 11 is 0. The molecule has 0 aliphatic carbocycles. The van der Waals surface area contributed by atoms with Crippen molar-refractivity contribution >= 4 is 27.9 Å². The number of ketones is 1. The Morgan fingerprint density at radius 3 is 2.55 bits per heavy atom. The summed E-state index contributed by atoms with van der Waals surface area (Å²) in [6.07, 6.45) is 0. The van der Waals surface area contributed by atoms with E-state index in [9.17, 15) is 9.59 Å². The van der Waals surface area contributed by atoms with Crippen LogP contribution in [0.4, 0.5) is 11.4 Å². The van der Waals surface area contributed by atoms with Crippen LogP contribution >= 0.6 is 0 Å². The van der Waals surface area contributed by atoms with E-state index in [1.54, 1.807) is 13.0 Å². The quantitative estimate of drug-likeness (QED) is 0.740. The van der Waals surface area contributed by atoms with Crippen molar-refractivity contribution in [2.45, 2.75) is 13.8 Å². The van der Waals surface area contributed by atoms with E-state index in [0.29, 0.717) is 11.4 Å². The molecule has 0 bridgehead atoms. The molecule has 0 saturated heterocycles. The average molecular weight is 293 g/mol. The van der Waals surface area contributed by atoms with Crippen molar-refractivity contribution in [3.8, 4) is 0 Å². The lowest BCUT2D eigenvalue weighted by atomic mass is 10.1. The molecule has 0 fully saturated rings. The lowest BCUT2D eigenvalue weighted by molar-refractivity contribution is 0.101. The van der Waals surface area contributed by atoms with Crippen molar-refractivity contribution in [1.82, 2.24) is 0 Å².